The van der Waals surface area contributed by atoms with Crippen LogP contribution in [0.2, 0.25) is 10.0 Å². The van der Waals surface area contributed by atoms with Crippen LogP contribution in [0.3, 0.4) is 0 Å². The molecule has 0 radical (unpaired) electrons. The summed E-state index contributed by atoms with van der Waals surface area (Å²) in [7, 11) is 0. The van der Waals surface area contributed by atoms with Crippen LogP contribution in [-0.4, -0.2) is 11.2 Å². The highest BCUT2D eigenvalue weighted by molar-refractivity contribution is 7.98. The number of benzene rings is 1. The van der Waals surface area contributed by atoms with Crippen LogP contribution in [0.25, 0.3) is 0 Å². The zero-order valence-corrected chi connectivity index (χ0v) is 13.5. The monoisotopic (exact) mass is 389 g/mol. The van der Waals surface area contributed by atoms with E-state index >= 15 is 0 Å². The summed E-state index contributed by atoms with van der Waals surface area (Å²) in [6.07, 6.45) is -3.40. The van der Waals surface area contributed by atoms with Crippen LogP contribution in [0.1, 0.15) is 5.56 Å². The molecule has 0 aliphatic heterocycles. The van der Waals surface area contributed by atoms with E-state index in [1.165, 1.54) is 0 Å². The number of hydrogen-bond acceptors (Lipinski definition) is 3. The Morgan fingerprint density at radius 1 is 1.17 bits per heavy atom. The fourth-order valence-electron chi connectivity index (χ4n) is 1.59. The fourth-order valence-corrected chi connectivity index (χ4v) is 2.57. The third-order valence-electron chi connectivity index (χ3n) is 2.61. The molecule has 0 aliphatic rings. The van der Waals surface area contributed by atoms with E-state index in [-0.39, 0.29) is 10.9 Å². The Hall–Kier alpha value is -1.25. The third-order valence-corrected chi connectivity index (χ3v) is 3.90. The van der Waals surface area contributed by atoms with E-state index < -0.39 is 39.2 Å². The van der Waals surface area contributed by atoms with Crippen molar-refractivity contribution in [2.45, 2.75) is 11.2 Å². The van der Waals surface area contributed by atoms with E-state index in [2.05, 4.69) is 4.98 Å². The predicted molar refractivity (Wildman–Crippen MR) is 77.5 cm³/mol. The maximum Gasteiger partial charge on any atom is 0.419 e. The van der Waals surface area contributed by atoms with Gasteiger partial charge in [-0.05, 0) is 18.4 Å². The van der Waals surface area contributed by atoms with Gasteiger partial charge in [-0.2, -0.15) is 13.2 Å². The molecule has 0 aliphatic carbocycles. The van der Waals surface area contributed by atoms with Gasteiger partial charge in [-0.3, -0.25) is 0 Å². The van der Waals surface area contributed by atoms with Gasteiger partial charge in [0, 0.05) is 6.07 Å². The lowest BCUT2D eigenvalue weighted by molar-refractivity contribution is -0.140. The summed E-state index contributed by atoms with van der Waals surface area (Å²) in [5.74, 6) is -3.06. The number of pyridine rings is 1. The number of ether oxygens (including phenoxy) is 1. The molecule has 0 amide bonds. The molecule has 1 aromatic carbocycles. The summed E-state index contributed by atoms with van der Waals surface area (Å²) in [6, 6.07) is 2.50. The summed E-state index contributed by atoms with van der Waals surface area (Å²) in [5.41, 5.74) is -1.61. The number of nitrogens with zero attached hydrogens (tertiary/aromatic N) is 1. The van der Waals surface area contributed by atoms with Gasteiger partial charge in [-0.25, -0.2) is 13.8 Å². The Labute approximate surface area is 141 Å². The maximum absolute atomic E-state index is 13.8. The maximum atomic E-state index is 13.8. The molecule has 124 valence electrons. The van der Waals surface area contributed by atoms with Crippen LogP contribution in [0.15, 0.2) is 23.2 Å². The van der Waals surface area contributed by atoms with Crippen molar-refractivity contribution in [3.05, 3.63) is 45.4 Å². The van der Waals surface area contributed by atoms with Gasteiger partial charge in [0.05, 0.1) is 10.6 Å². The van der Waals surface area contributed by atoms with Crippen molar-refractivity contribution < 1.29 is 26.7 Å². The number of alkyl halides is 3. The average molecular weight is 390 g/mol. The number of hydrogen-bond donors (Lipinski definition) is 0. The minimum Gasteiger partial charge on any atom is -0.436 e. The molecule has 2 aromatic rings. The van der Waals surface area contributed by atoms with E-state index in [1.807, 2.05) is 0 Å². The first kappa shape index (κ1) is 18.1. The molecule has 0 saturated carbocycles. The summed E-state index contributed by atoms with van der Waals surface area (Å²) < 4.78 is 70.2. The third kappa shape index (κ3) is 3.81. The Morgan fingerprint density at radius 3 is 2.39 bits per heavy atom. The molecule has 23 heavy (non-hydrogen) atoms. The lowest BCUT2D eigenvalue weighted by Crippen LogP contribution is -2.09. The van der Waals surface area contributed by atoms with Crippen molar-refractivity contribution in [2.75, 3.05) is 6.26 Å². The second kappa shape index (κ2) is 6.70. The molecular weight excluding hydrogens is 384 g/mol. The van der Waals surface area contributed by atoms with E-state index in [1.54, 1.807) is 6.26 Å². The zero-order valence-electron chi connectivity index (χ0n) is 11.1. The van der Waals surface area contributed by atoms with Crippen LogP contribution < -0.4 is 4.74 Å². The standard InChI is InChI=1S/C13H6Cl2F5NOS/c1-23-12-7(16)2-3-8(21-12)22-11-6(14)4-5(13(18,19)20)10(17)9(11)15/h2-4H,1H3. The molecule has 2 nitrogen and oxygen atoms in total. The lowest BCUT2D eigenvalue weighted by Gasteiger charge is -2.14. The van der Waals surface area contributed by atoms with Gasteiger partial charge >= 0.3 is 6.18 Å². The summed E-state index contributed by atoms with van der Waals surface area (Å²) in [5, 5.41) is -1.51. The van der Waals surface area contributed by atoms with Crippen LogP contribution in [0, 0.1) is 11.6 Å². The molecule has 2 rings (SSSR count). The molecule has 1 aromatic heterocycles. The predicted octanol–water partition coefficient (Wildman–Crippen LogP) is 6.20. The summed E-state index contributed by atoms with van der Waals surface area (Å²) in [6.45, 7) is 0. The van der Waals surface area contributed by atoms with Crippen LogP contribution in [0.4, 0.5) is 22.0 Å². The van der Waals surface area contributed by atoms with Gasteiger partial charge in [-0.1, -0.05) is 23.2 Å². The molecule has 0 N–H and O–H groups in total. The second-order valence-electron chi connectivity index (χ2n) is 4.10. The van der Waals surface area contributed by atoms with E-state index in [0.29, 0.717) is 6.07 Å². The second-order valence-corrected chi connectivity index (χ2v) is 5.68. The minimum absolute atomic E-state index is 0.0119. The largest absolute Gasteiger partial charge is 0.436 e. The van der Waals surface area contributed by atoms with Gasteiger partial charge < -0.3 is 4.74 Å². The van der Waals surface area contributed by atoms with Crippen molar-refractivity contribution in [3.8, 4) is 11.6 Å². The topological polar surface area (TPSA) is 22.1 Å². The molecular formula is C13H6Cl2F5NOS. The van der Waals surface area contributed by atoms with E-state index in [9.17, 15) is 22.0 Å². The minimum atomic E-state index is -4.96. The van der Waals surface area contributed by atoms with Crippen LogP contribution in [0.5, 0.6) is 11.6 Å². The molecule has 0 atom stereocenters. The number of halogens is 7. The van der Waals surface area contributed by atoms with Crippen LogP contribution in [-0.2, 0) is 6.18 Å². The average Bonchev–Trinajstić information content (AvgIpc) is 2.47. The van der Waals surface area contributed by atoms with Gasteiger partial charge in [0.2, 0.25) is 5.88 Å². The highest BCUT2D eigenvalue weighted by Gasteiger charge is 2.37. The molecule has 10 heteroatoms. The number of thioether (sulfide) groups is 1. The molecule has 0 fully saturated rings. The Morgan fingerprint density at radius 2 is 1.83 bits per heavy atom. The van der Waals surface area contributed by atoms with Crippen LogP contribution >= 0.6 is 35.0 Å². The smallest absolute Gasteiger partial charge is 0.419 e. The fraction of sp³-hybridized carbons (Fsp3) is 0.154. The quantitative estimate of drug-likeness (QED) is 0.354. The number of aromatic nitrogens is 1. The van der Waals surface area contributed by atoms with Crippen molar-refractivity contribution >= 4 is 35.0 Å². The van der Waals surface area contributed by atoms with Crippen molar-refractivity contribution in [1.29, 1.82) is 0 Å². The first-order valence-corrected chi connectivity index (χ1v) is 7.76. The molecule has 0 bridgehead atoms. The molecule has 1 heterocycles. The molecule has 0 saturated heterocycles. The Kier molecular flexibility index (Phi) is 5.27. The van der Waals surface area contributed by atoms with Gasteiger partial charge in [0.25, 0.3) is 0 Å². The molecule has 0 spiro atoms. The van der Waals surface area contributed by atoms with Gasteiger partial charge in [0.1, 0.15) is 10.0 Å². The highest BCUT2D eigenvalue weighted by atomic mass is 35.5. The van der Waals surface area contributed by atoms with E-state index in [4.69, 9.17) is 27.9 Å². The Bertz CT molecular complexity index is 754. The van der Waals surface area contributed by atoms with Gasteiger partial charge in [0.15, 0.2) is 17.4 Å². The van der Waals surface area contributed by atoms with E-state index in [0.717, 1.165) is 23.9 Å². The normalized spacial score (nSPS) is 11.7. The summed E-state index contributed by atoms with van der Waals surface area (Å²) in [4.78, 5) is 3.77. The Balaban J connectivity index is 2.47. The first-order valence-electron chi connectivity index (χ1n) is 5.78. The van der Waals surface area contributed by atoms with Crippen molar-refractivity contribution in [1.82, 2.24) is 4.98 Å². The zero-order chi connectivity index (χ0) is 17.4. The number of rotatable bonds is 3. The van der Waals surface area contributed by atoms with Crippen molar-refractivity contribution in [3.63, 3.8) is 0 Å². The molecule has 0 unspecified atom stereocenters. The van der Waals surface area contributed by atoms with Crippen molar-refractivity contribution in [2.24, 2.45) is 0 Å². The highest BCUT2D eigenvalue weighted by Crippen LogP contribution is 2.44. The van der Waals surface area contributed by atoms with Gasteiger partial charge in [-0.15, -0.1) is 11.8 Å². The lowest BCUT2D eigenvalue weighted by atomic mass is 10.2. The summed E-state index contributed by atoms with van der Waals surface area (Å²) >= 11 is 12.2. The first-order chi connectivity index (χ1) is 10.6. The SMILES string of the molecule is CSc1nc(Oc2c(Cl)cc(C(F)(F)F)c(F)c2Cl)ccc1F.